The van der Waals surface area contributed by atoms with E-state index in [1.54, 1.807) is 18.0 Å². The van der Waals surface area contributed by atoms with Crippen molar-refractivity contribution >= 4 is 33.3 Å². The first kappa shape index (κ1) is 16.1. The maximum Gasteiger partial charge on any atom is 0.268 e. The normalized spacial score (nSPS) is 11.3. The molecule has 3 heterocycles. The molecular weight excluding hydrogens is 352 g/mol. The van der Waals surface area contributed by atoms with E-state index in [0.29, 0.717) is 16.3 Å². The number of thioether (sulfide) groups is 1. The summed E-state index contributed by atoms with van der Waals surface area (Å²) in [6, 6.07) is 8.25. The van der Waals surface area contributed by atoms with Crippen molar-refractivity contribution in [1.29, 1.82) is 0 Å². The van der Waals surface area contributed by atoms with Crippen LogP contribution < -0.4 is 5.56 Å². The highest BCUT2D eigenvalue weighted by molar-refractivity contribution is 7.98. The zero-order valence-corrected chi connectivity index (χ0v) is 15.4. The molecule has 0 fully saturated rings. The molecule has 0 aliphatic heterocycles. The molecular formula is C18H16N4OS2. The van der Waals surface area contributed by atoms with Gasteiger partial charge in [0.2, 0.25) is 0 Å². The molecule has 4 aromatic rings. The largest absolute Gasteiger partial charge is 0.309 e. The number of thiophene rings is 1. The fourth-order valence-corrected chi connectivity index (χ4v) is 4.24. The maximum absolute atomic E-state index is 12.1. The average Bonchev–Trinajstić information content (AvgIpc) is 3.24. The first-order valence-corrected chi connectivity index (χ1v) is 9.68. The summed E-state index contributed by atoms with van der Waals surface area (Å²) in [6.45, 7) is 4.17. The smallest absolute Gasteiger partial charge is 0.268 e. The number of benzene rings is 1. The lowest BCUT2D eigenvalue weighted by Crippen LogP contribution is -2.09. The van der Waals surface area contributed by atoms with Crippen LogP contribution in [0.15, 0.2) is 52.0 Å². The van der Waals surface area contributed by atoms with E-state index in [0.717, 1.165) is 16.4 Å². The monoisotopic (exact) mass is 368 g/mol. The van der Waals surface area contributed by atoms with Gasteiger partial charge in [0.05, 0.1) is 17.0 Å². The van der Waals surface area contributed by atoms with E-state index >= 15 is 0 Å². The summed E-state index contributed by atoms with van der Waals surface area (Å²) in [7, 11) is 0. The molecule has 126 valence electrons. The molecule has 0 bridgehead atoms. The van der Waals surface area contributed by atoms with Gasteiger partial charge in [-0.05, 0) is 42.5 Å². The average molecular weight is 368 g/mol. The van der Waals surface area contributed by atoms with Gasteiger partial charge in [-0.1, -0.05) is 23.9 Å². The Morgan fingerprint density at radius 3 is 3.04 bits per heavy atom. The third-order valence-corrected chi connectivity index (χ3v) is 5.81. The van der Waals surface area contributed by atoms with Gasteiger partial charge in [0, 0.05) is 12.4 Å². The number of nitrogens with zero attached hydrogens (tertiary/aromatic N) is 3. The number of hydrogen-bond donors (Lipinski definition) is 1. The quantitative estimate of drug-likeness (QED) is 0.551. The van der Waals surface area contributed by atoms with Crippen molar-refractivity contribution in [2.45, 2.75) is 24.8 Å². The molecule has 0 amide bonds. The number of aryl methyl sites for hydroxylation is 2. The van der Waals surface area contributed by atoms with Gasteiger partial charge in [-0.2, -0.15) is 0 Å². The van der Waals surface area contributed by atoms with Crippen molar-refractivity contribution < 1.29 is 0 Å². The van der Waals surface area contributed by atoms with Gasteiger partial charge in [0.25, 0.3) is 5.56 Å². The number of aromatic amines is 1. The second kappa shape index (κ2) is 6.50. The summed E-state index contributed by atoms with van der Waals surface area (Å²) in [5.74, 6) is 1.22. The second-order valence-electron chi connectivity index (χ2n) is 5.81. The van der Waals surface area contributed by atoms with E-state index in [-0.39, 0.29) is 5.56 Å². The van der Waals surface area contributed by atoms with Gasteiger partial charge in [-0.3, -0.25) is 9.36 Å². The van der Waals surface area contributed by atoms with Gasteiger partial charge in [0.1, 0.15) is 10.5 Å². The number of imidazole rings is 1. The number of hydrogen-bond acceptors (Lipinski definition) is 5. The van der Waals surface area contributed by atoms with Gasteiger partial charge in [-0.15, -0.1) is 11.3 Å². The molecule has 0 unspecified atom stereocenters. The summed E-state index contributed by atoms with van der Waals surface area (Å²) in [6.07, 6.45) is 3.75. The minimum Gasteiger partial charge on any atom is -0.309 e. The number of rotatable bonds is 4. The highest BCUT2D eigenvalue weighted by Crippen LogP contribution is 2.25. The summed E-state index contributed by atoms with van der Waals surface area (Å²) in [5.41, 5.74) is 4.20. The maximum atomic E-state index is 12.1. The Labute approximate surface area is 152 Å². The molecule has 0 atom stereocenters. The minimum absolute atomic E-state index is 0.0755. The lowest BCUT2D eigenvalue weighted by atomic mass is 10.1. The molecule has 7 heteroatoms. The summed E-state index contributed by atoms with van der Waals surface area (Å²) >= 11 is 2.97. The first-order valence-electron chi connectivity index (χ1n) is 7.82. The molecule has 0 spiro atoms. The predicted octanol–water partition coefficient (Wildman–Crippen LogP) is 4.08. The highest BCUT2D eigenvalue weighted by Gasteiger charge is 2.11. The molecule has 0 aliphatic carbocycles. The van der Waals surface area contributed by atoms with Crippen molar-refractivity contribution in [2.24, 2.45) is 0 Å². The molecule has 0 aliphatic rings. The Bertz CT molecular complexity index is 1110. The Morgan fingerprint density at radius 2 is 2.16 bits per heavy atom. The van der Waals surface area contributed by atoms with E-state index in [1.807, 2.05) is 17.6 Å². The van der Waals surface area contributed by atoms with Gasteiger partial charge in [-0.25, -0.2) is 9.97 Å². The number of H-pyrrole nitrogens is 1. The zero-order valence-electron chi connectivity index (χ0n) is 13.8. The number of nitrogens with one attached hydrogen (secondary N) is 1. The summed E-state index contributed by atoms with van der Waals surface area (Å²) in [5, 5.41) is 2.76. The van der Waals surface area contributed by atoms with Crippen LogP contribution in [0.1, 0.15) is 17.0 Å². The Kier molecular flexibility index (Phi) is 4.19. The SMILES string of the molecule is Cc1ccc(C)c(-n2ccnc2SCc2nc3ccsc3c(=O)[nH]2)c1. The summed E-state index contributed by atoms with van der Waals surface area (Å²) < 4.78 is 2.75. The molecule has 25 heavy (non-hydrogen) atoms. The van der Waals surface area contributed by atoms with Crippen LogP contribution in [0.2, 0.25) is 0 Å². The van der Waals surface area contributed by atoms with Crippen LogP contribution in [0.3, 0.4) is 0 Å². The fraction of sp³-hybridized carbons (Fsp3) is 0.167. The van der Waals surface area contributed by atoms with Crippen molar-refractivity contribution in [1.82, 2.24) is 19.5 Å². The van der Waals surface area contributed by atoms with E-state index in [2.05, 4.69) is 51.6 Å². The van der Waals surface area contributed by atoms with Crippen LogP contribution in [0.5, 0.6) is 0 Å². The lowest BCUT2D eigenvalue weighted by molar-refractivity contribution is 0.884. The minimum atomic E-state index is -0.0755. The van der Waals surface area contributed by atoms with E-state index in [9.17, 15) is 4.79 Å². The van der Waals surface area contributed by atoms with Crippen LogP contribution in [0, 0.1) is 13.8 Å². The molecule has 1 N–H and O–H groups in total. The van der Waals surface area contributed by atoms with E-state index < -0.39 is 0 Å². The first-order chi connectivity index (χ1) is 12.1. The van der Waals surface area contributed by atoms with Gasteiger partial charge < -0.3 is 4.98 Å². The van der Waals surface area contributed by atoms with Gasteiger partial charge >= 0.3 is 0 Å². The molecule has 1 aromatic carbocycles. The predicted molar refractivity (Wildman–Crippen MR) is 103 cm³/mol. The highest BCUT2D eigenvalue weighted by atomic mass is 32.2. The Morgan fingerprint density at radius 1 is 1.28 bits per heavy atom. The molecule has 0 radical (unpaired) electrons. The third-order valence-electron chi connectivity index (χ3n) is 3.93. The van der Waals surface area contributed by atoms with Crippen LogP contribution in [0.25, 0.3) is 15.9 Å². The lowest BCUT2D eigenvalue weighted by Gasteiger charge is -2.11. The van der Waals surface area contributed by atoms with Crippen molar-refractivity contribution in [3.63, 3.8) is 0 Å². The molecule has 0 saturated carbocycles. The zero-order chi connectivity index (χ0) is 17.4. The van der Waals surface area contributed by atoms with Crippen LogP contribution >= 0.6 is 23.1 Å². The molecule has 0 saturated heterocycles. The second-order valence-corrected chi connectivity index (χ2v) is 7.66. The fourth-order valence-electron chi connectivity index (χ4n) is 2.68. The number of fused-ring (bicyclic) bond motifs is 1. The van der Waals surface area contributed by atoms with Crippen molar-refractivity contribution in [2.75, 3.05) is 0 Å². The Hall–Kier alpha value is -2.38. The van der Waals surface area contributed by atoms with Crippen molar-refractivity contribution in [3.05, 3.63) is 69.3 Å². The van der Waals surface area contributed by atoms with Gasteiger partial charge in [0.15, 0.2) is 5.16 Å². The standard InChI is InChI=1S/C18H16N4OS2/c1-11-3-4-12(2)14(9-11)22-7-6-19-18(22)25-10-15-20-13-5-8-24-16(13)17(23)21-15/h3-9H,10H2,1-2H3,(H,20,21,23). The molecule has 3 aromatic heterocycles. The molecule has 5 nitrogen and oxygen atoms in total. The van der Waals surface area contributed by atoms with E-state index in [4.69, 9.17) is 0 Å². The van der Waals surface area contributed by atoms with Crippen LogP contribution in [-0.2, 0) is 5.75 Å². The van der Waals surface area contributed by atoms with E-state index in [1.165, 1.54) is 22.5 Å². The summed E-state index contributed by atoms with van der Waals surface area (Å²) in [4.78, 5) is 23.9. The number of aromatic nitrogens is 4. The van der Waals surface area contributed by atoms with Crippen molar-refractivity contribution in [3.8, 4) is 5.69 Å². The molecule has 4 rings (SSSR count). The topological polar surface area (TPSA) is 63.6 Å². The Balaban J connectivity index is 1.62. The van der Waals surface area contributed by atoms with Crippen LogP contribution in [0.4, 0.5) is 0 Å². The van der Waals surface area contributed by atoms with Crippen LogP contribution in [-0.4, -0.2) is 19.5 Å². The third kappa shape index (κ3) is 3.12.